The van der Waals surface area contributed by atoms with Gasteiger partial charge in [0.05, 0.1) is 17.2 Å². The summed E-state index contributed by atoms with van der Waals surface area (Å²) < 4.78 is 4.60. The fourth-order valence-electron chi connectivity index (χ4n) is 1.07. The number of esters is 1. The number of nitrogens with one attached hydrogen (secondary N) is 1. The normalized spacial score (nSPS) is 11.0. The van der Waals surface area contributed by atoms with Crippen LogP contribution in [0.1, 0.15) is 6.92 Å². The summed E-state index contributed by atoms with van der Waals surface area (Å²) in [6.07, 6.45) is 0. The predicted molar refractivity (Wildman–Crippen MR) is 71.7 cm³/mol. The molecule has 0 aliphatic heterocycles. The van der Waals surface area contributed by atoms with Crippen molar-refractivity contribution in [2.24, 2.45) is 5.10 Å². The maximum absolute atomic E-state index is 11.1. The van der Waals surface area contributed by atoms with E-state index in [1.54, 1.807) is 6.92 Å². The number of hydrogen-bond acceptors (Lipinski definition) is 6. The van der Waals surface area contributed by atoms with Crippen molar-refractivity contribution < 1.29 is 14.5 Å². The van der Waals surface area contributed by atoms with Crippen molar-refractivity contribution in [3.8, 4) is 0 Å². The van der Waals surface area contributed by atoms with E-state index in [4.69, 9.17) is 23.2 Å². The quantitative estimate of drug-likeness (QED) is 0.391. The third kappa shape index (κ3) is 4.38. The van der Waals surface area contributed by atoms with Crippen LogP contribution in [0.3, 0.4) is 0 Å². The first-order valence-electron chi connectivity index (χ1n) is 5.06. The Hall–Kier alpha value is -1.86. The van der Waals surface area contributed by atoms with Crippen LogP contribution in [0.5, 0.6) is 0 Å². The van der Waals surface area contributed by atoms with Crippen LogP contribution in [0.25, 0.3) is 0 Å². The Labute approximate surface area is 118 Å². The van der Waals surface area contributed by atoms with Gasteiger partial charge < -0.3 is 4.74 Å². The van der Waals surface area contributed by atoms with Gasteiger partial charge in [0.2, 0.25) is 5.17 Å². The number of hydrogen-bond donors (Lipinski definition) is 1. The lowest BCUT2D eigenvalue weighted by atomic mass is 10.3. The third-order valence-electron chi connectivity index (χ3n) is 1.87. The Bertz CT molecular complexity index is 534. The molecule has 0 fully saturated rings. The maximum Gasteiger partial charge on any atom is 0.370 e. The lowest BCUT2D eigenvalue weighted by Crippen LogP contribution is -2.13. The van der Waals surface area contributed by atoms with E-state index in [1.807, 2.05) is 0 Å². The predicted octanol–water partition coefficient (Wildman–Crippen LogP) is 2.78. The molecule has 0 aliphatic rings. The summed E-state index contributed by atoms with van der Waals surface area (Å²) in [6.45, 7) is 1.79. The first kappa shape index (κ1) is 15.2. The highest BCUT2D eigenvalue weighted by Crippen LogP contribution is 2.27. The second-order valence-electron chi connectivity index (χ2n) is 3.16. The molecule has 1 aromatic rings. The number of carbonyl (C=O) groups excluding carboxylic acids is 1. The lowest BCUT2D eigenvalue weighted by Gasteiger charge is -2.02. The van der Waals surface area contributed by atoms with Crippen LogP contribution in [0.15, 0.2) is 23.3 Å². The Morgan fingerprint density at radius 3 is 2.84 bits per heavy atom. The third-order valence-corrected chi connectivity index (χ3v) is 2.43. The van der Waals surface area contributed by atoms with Gasteiger partial charge in [0.1, 0.15) is 5.02 Å². The molecule has 0 radical (unpaired) electrons. The number of carbonyl (C=O) groups is 1. The number of hydrazone groups is 1. The fourth-order valence-corrected chi connectivity index (χ4v) is 1.36. The molecule has 1 rings (SSSR count). The second-order valence-corrected chi connectivity index (χ2v) is 3.92. The van der Waals surface area contributed by atoms with Crippen LogP contribution >= 0.6 is 23.2 Å². The van der Waals surface area contributed by atoms with Gasteiger partial charge in [-0.05, 0) is 19.1 Å². The molecule has 0 saturated heterocycles. The molecule has 0 spiro atoms. The summed E-state index contributed by atoms with van der Waals surface area (Å²) in [6, 6.07) is 3.95. The van der Waals surface area contributed by atoms with Gasteiger partial charge >= 0.3 is 5.97 Å². The van der Waals surface area contributed by atoms with Gasteiger partial charge in [-0.15, -0.1) is 0 Å². The molecule has 0 heterocycles. The van der Waals surface area contributed by atoms with E-state index in [-0.39, 0.29) is 23.0 Å². The molecule has 1 aromatic carbocycles. The molecule has 1 N–H and O–H groups in total. The summed E-state index contributed by atoms with van der Waals surface area (Å²) in [5.74, 6) is -0.792. The number of anilines is 1. The van der Waals surface area contributed by atoms with Crippen molar-refractivity contribution in [1.82, 2.24) is 0 Å². The van der Waals surface area contributed by atoms with Crippen LogP contribution < -0.4 is 5.43 Å². The highest BCUT2D eigenvalue weighted by Gasteiger charge is 2.13. The number of nitro groups is 1. The Morgan fingerprint density at radius 2 is 2.26 bits per heavy atom. The van der Waals surface area contributed by atoms with E-state index < -0.39 is 16.1 Å². The molecule has 0 unspecified atom stereocenters. The van der Waals surface area contributed by atoms with Crippen LogP contribution in [0, 0.1) is 10.1 Å². The monoisotopic (exact) mass is 305 g/mol. The van der Waals surface area contributed by atoms with E-state index in [0.717, 1.165) is 0 Å². The molecule has 102 valence electrons. The van der Waals surface area contributed by atoms with Crippen LogP contribution in [0.4, 0.5) is 11.4 Å². The molecule has 0 aliphatic carbocycles. The largest absolute Gasteiger partial charge is 0.461 e. The average Bonchev–Trinajstić information content (AvgIpc) is 2.37. The molecule has 0 bridgehead atoms. The topological polar surface area (TPSA) is 93.8 Å². The van der Waals surface area contributed by atoms with Crippen molar-refractivity contribution in [3.63, 3.8) is 0 Å². The molecule has 7 nitrogen and oxygen atoms in total. The molecule has 0 amide bonds. The smallest absolute Gasteiger partial charge is 0.370 e. The van der Waals surface area contributed by atoms with Gasteiger partial charge in [-0.1, -0.05) is 23.2 Å². The van der Waals surface area contributed by atoms with Crippen molar-refractivity contribution in [2.45, 2.75) is 6.92 Å². The number of nitro benzene ring substituents is 1. The molecule has 0 saturated carbocycles. The minimum atomic E-state index is -0.792. The summed E-state index contributed by atoms with van der Waals surface area (Å²) >= 11 is 11.2. The Kier molecular flexibility index (Phi) is 5.53. The van der Waals surface area contributed by atoms with E-state index >= 15 is 0 Å². The van der Waals surface area contributed by atoms with Gasteiger partial charge in [0.15, 0.2) is 0 Å². The minimum Gasteiger partial charge on any atom is -0.461 e. The second kappa shape index (κ2) is 6.91. The zero-order valence-electron chi connectivity index (χ0n) is 9.72. The van der Waals surface area contributed by atoms with Crippen LogP contribution in [-0.4, -0.2) is 22.7 Å². The fraction of sp³-hybridized carbons (Fsp3) is 0.200. The summed E-state index contributed by atoms with van der Waals surface area (Å²) in [5.41, 5.74) is 2.38. The zero-order chi connectivity index (χ0) is 14.4. The maximum atomic E-state index is 11.1. The number of halogens is 2. The van der Waals surface area contributed by atoms with Crippen molar-refractivity contribution in [1.29, 1.82) is 0 Å². The first-order chi connectivity index (χ1) is 8.95. The first-order valence-corrected chi connectivity index (χ1v) is 5.81. The standard InChI is InChI=1S/C10H9Cl2N3O4/c1-2-19-10(16)9(12)14-13-6-3-4-7(11)8(5-6)15(17)18/h3-5,13H,2H2,1H3/b14-9-. The number of benzene rings is 1. The highest BCUT2D eigenvalue weighted by atomic mass is 35.5. The van der Waals surface area contributed by atoms with Gasteiger partial charge in [-0.25, -0.2) is 4.79 Å². The van der Waals surface area contributed by atoms with E-state index in [1.165, 1.54) is 18.2 Å². The molecule has 9 heteroatoms. The van der Waals surface area contributed by atoms with E-state index in [0.29, 0.717) is 0 Å². The van der Waals surface area contributed by atoms with Crippen molar-refractivity contribution >= 4 is 45.7 Å². The molecular formula is C10H9Cl2N3O4. The molecule has 19 heavy (non-hydrogen) atoms. The van der Waals surface area contributed by atoms with Gasteiger partial charge in [0, 0.05) is 6.07 Å². The van der Waals surface area contributed by atoms with Gasteiger partial charge in [0.25, 0.3) is 5.69 Å². The number of rotatable bonds is 5. The van der Waals surface area contributed by atoms with Gasteiger partial charge in [-0.3, -0.25) is 15.5 Å². The Morgan fingerprint density at radius 1 is 1.58 bits per heavy atom. The molecular weight excluding hydrogens is 297 g/mol. The summed E-state index contributed by atoms with van der Waals surface area (Å²) in [4.78, 5) is 21.2. The lowest BCUT2D eigenvalue weighted by molar-refractivity contribution is -0.384. The minimum absolute atomic E-state index is 0.00369. The Balaban J connectivity index is 2.83. The summed E-state index contributed by atoms with van der Waals surface area (Å²) in [7, 11) is 0. The molecule has 0 aromatic heterocycles. The van der Waals surface area contributed by atoms with E-state index in [2.05, 4.69) is 15.3 Å². The highest BCUT2D eigenvalue weighted by molar-refractivity contribution is 6.82. The number of ether oxygens (including phenoxy) is 1. The average molecular weight is 306 g/mol. The van der Waals surface area contributed by atoms with E-state index in [9.17, 15) is 14.9 Å². The zero-order valence-corrected chi connectivity index (χ0v) is 11.2. The number of nitrogens with zero attached hydrogens (tertiary/aromatic N) is 2. The van der Waals surface area contributed by atoms with Crippen LogP contribution in [0.2, 0.25) is 5.02 Å². The van der Waals surface area contributed by atoms with Crippen molar-refractivity contribution in [2.75, 3.05) is 12.0 Å². The van der Waals surface area contributed by atoms with Crippen molar-refractivity contribution in [3.05, 3.63) is 33.3 Å². The summed E-state index contributed by atoms with van der Waals surface area (Å²) in [5, 5.41) is 13.8. The van der Waals surface area contributed by atoms with Crippen LogP contribution in [-0.2, 0) is 9.53 Å². The SMILES string of the molecule is CCOC(=O)/C(Cl)=N/Nc1ccc(Cl)c([N+](=O)[O-])c1. The molecule has 0 atom stereocenters. The van der Waals surface area contributed by atoms with Gasteiger partial charge in [-0.2, -0.15) is 5.10 Å².